The smallest absolute Gasteiger partial charge is 0.0571 e. The molecule has 0 amide bonds. The lowest BCUT2D eigenvalue weighted by Gasteiger charge is -2.35. The fourth-order valence-electron chi connectivity index (χ4n) is 7.43. The van der Waals surface area contributed by atoms with E-state index in [1.54, 1.807) is 0 Å². The average molecular weight is 561 g/mol. The highest BCUT2D eigenvalue weighted by molar-refractivity contribution is 14.1. The first kappa shape index (κ1) is 27.2. The number of rotatable bonds is 10. The number of aliphatic hydroxyl groups excluding tert-OH is 2. The molecule has 188 valence electrons. The van der Waals surface area contributed by atoms with Crippen LogP contribution < -0.4 is 0 Å². The lowest BCUT2D eigenvalue weighted by Crippen LogP contribution is -2.32. The van der Waals surface area contributed by atoms with E-state index in [1.165, 1.54) is 70.6 Å². The minimum atomic E-state index is -0.173. The maximum atomic E-state index is 11.1. The highest BCUT2D eigenvalue weighted by atomic mass is 127. The molecule has 0 saturated heterocycles. The van der Waals surface area contributed by atoms with E-state index in [-0.39, 0.29) is 12.2 Å². The Bertz CT molecular complexity index is 521. The van der Waals surface area contributed by atoms with E-state index in [0.717, 1.165) is 48.9 Å². The largest absolute Gasteiger partial charge is 0.393 e. The van der Waals surface area contributed by atoms with Gasteiger partial charge in [-0.3, -0.25) is 0 Å². The Labute approximate surface area is 213 Å². The molecule has 0 aromatic rings. The molecule has 7 atom stereocenters. The van der Waals surface area contributed by atoms with Crippen molar-refractivity contribution in [3.05, 3.63) is 0 Å². The van der Waals surface area contributed by atoms with Crippen molar-refractivity contribution in [2.24, 2.45) is 47.3 Å². The highest BCUT2D eigenvalue weighted by Crippen LogP contribution is 2.44. The number of alkyl halides is 1. The SMILES string of the molecule is CC1CCC([C@@H](O)CC(C[C@H](C)[C@@H](O)CC2CCC(C3CCC(C)C3)CC2)[C@@H](C)I)CC1. The van der Waals surface area contributed by atoms with Gasteiger partial charge in [0.1, 0.15) is 0 Å². The third kappa shape index (κ3) is 8.11. The maximum absolute atomic E-state index is 11.1. The summed E-state index contributed by atoms with van der Waals surface area (Å²) in [5, 5.41) is 22.0. The van der Waals surface area contributed by atoms with Gasteiger partial charge in [0.25, 0.3) is 0 Å². The van der Waals surface area contributed by atoms with Gasteiger partial charge in [0.05, 0.1) is 12.2 Å². The molecule has 3 aliphatic carbocycles. The molecule has 3 rings (SSSR count). The summed E-state index contributed by atoms with van der Waals surface area (Å²) in [6.45, 7) is 9.34. The van der Waals surface area contributed by atoms with Gasteiger partial charge in [0.2, 0.25) is 0 Å². The lowest BCUT2D eigenvalue weighted by atomic mass is 9.72. The Hall–Kier alpha value is 0.650. The van der Waals surface area contributed by atoms with Crippen LogP contribution in [0.2, 0.25) is 0 Å². The monoisotopic (exact) mass is 560 g/mol. The number of aliphatic hydroxyl groups is 2. The second kappa shape index (κ2) is 13.1. The first-order chi connectivity index (χ1) is 15.2. The zero-order chi connectivity index (χ0) is 23.3. The normalized spacial score (nSPS) is 38.7. The topological polar surface area (TPSA) is 40.5 Å². The number of hydrogen-bond acceptors (Lipinski definition) is 2. The third-order valence-electron chi connectivity index (χ3n) is 10.00. The zero-order valence-electron chi connectivity index (χ0n) is 21.5. The van der Waals surface area contributed by atoms with Crippen LogP contribution >= 0.6 is 22.6 Å². The second-order valence-corrected chi connectivity index (χ2v) is 14.7. The molecular weight excluding hydrogens is 507 g/mol. The summed E-state index contributed by atoms with van der Waals surface area (Å²) in [5.74, 6) is 5.84. The van der Waals surface area contributed by atoms with E-state index in [4.69, 9.17) is 0 Å². The molecule has 3 fully saturated rings. The summed E-state index contributed by atoms with van der Waals surface area (Å²) in [6.07, 6.45) is 17.5. The first-order valence-corrected chi connectivity index (χ1v) is 15.5. The van der Waals surface area contributed by atoms with Gasteiger partial charge >= 0.3 is 0 Å². The van der Waals surface area contributed by atoms with Crippen LogP contribution in [0.4, 0.5) is 0 Å². The number of halogens is 1. The molecule has 32 heavy (non-hydrogen) atoms. The standard InChI is InChI=1S/C29H53IO2/c1-19-5-10-25(11-6-19)29(32)18-27(22(4)30)16-21(3)28(31)17-23-8-13-24(14-9-23)26-12-7-20(2)15-26/h19-29,31-32H,5-18H2,1-4H3/t19?,20?,21-,22+,23?,24?,25?,26?,27?,28-,29-/m0/s1. The van der Waals surface area contributed by atoms with Gasteiger partial charge in [-0.1, -0.05) is 82.4 Å². The minimum absolute atomic E-state index is 0.150. The summed E-state index contributed by atoms with van der Waals surface area (Å²) < 4.78 is 0.545. The average Bonchev–Trinajstić information content (AvgIpc) is 3.20. The van der Waals surface area contributed by atoms with Crippen molar-refractivity contribution in [3.63, 3.8) is 0 Å². The van der Waals surface area contributed by atoms with Crippen LogP contribution in [0, 0.1) is 47.3 Å². The van der Waals surface area contributed by atoms with Gasteiger partial charge in [-0.2, -0.15) is 0 Å². The zero-order valence-corrected chi connectivity index (χ0v) is 23.7. The molecule has 0 heterocycles. The van der Waals surface area contributed by atoms with Crippen LogP contribution in [0.15, 0.2) is 0 Å². The van der Waals surface area contributed by atoms with Crippen molar-refractivity contribution < 1.29 is 10.2 Å². The maximum Gasteiger partial charge on any atom is 0.0571 e. The van der Waals surface area contributed by atoms with E-state index >= 15 is 0 Å². The van der Waals surface area contributed by atoms with Crippen molar-refractivity contribution in [2.75, 3.05) is 0 Å². The van der Waals surface area contributed by atoms with Gasteiger partial charge in [-0.15, -0.1) is 0 Å². The molecule has 2 nitrogen and oxygen atoms in total. The van der Waals surface area contributed by atoms with Crippen molar-refractivity contribution in [1.29, 1.82) is 0 Å². The molecule has 0 aromatic carbocycles. The Balaban J connectivity index is 1.40. The quantitative estimate of drug-likeness (QED) is 0.210. The van der Waals surface area contributed by atoms with Gasteiger partial charge in [-0.25, -0.2) is 0 Å². The van der Waals surface area contributed by atoms with Crippen molar-refractivity contribution in [3.8, 4) is 0 Å². The van der Waals surface area contributed by atoms with Crippen molar-refractivity contribution >= 4 is 22.6 Å². The molecule has 0 aromatic heterocycles. The molecular formula is C29H53IO2. The minimum Gasteiger partial charge on any atom is -0.393 e. The Morgan fingerprint density at radius 3 is 1.91 bits per heavy atom. The predicted octanol–water partition coefficient (Wildman–Crippen LogP) is 8.02. The molecule has 3 heteroatoms. The van der Waals surface area contributed by atoms with Crippen LogP contribution in [0.3, 0.4) is 0 Å². The summed E-state index contributed by atoms with van der Waals surface area (Å²) in [6, 6.07) is 0. The van der Waals surface area contributed by atoms with E-state index in [0.29, 0.717) is 21.7 Å². The lowest BCUT2D eigenvalue weighted by molar-refractivity contribution is 0.0365. The van der Waals surface area contributed by atoms with E-state index < -0.39 is 0 Å². The predicted molar refractivity (Wildman–Crippen MR) is 145 cm³/mol. The Morgan fingerprint density at radius 2 is 1.34 bits per heavy atom. The second-order valence-electron chi connectivity index (χ2n) is 12.7. The van der Waals surface area contributed by atoms with Gasteiger partial charge in [-0.05, 0) is 105 Å². The van der Waals surface area contributed by atoms with E-state index in [1.807, 2.05) is 0 Å². The van der Waals surface area contributed by atoms with Crippen LogP contribution in [-0.4, -0.2) is 26.3 Å². The Kier molecular flexibility index (Phi) is 11.1. The van der Waals surface area contributed by atoms with Gasteiger partial charge in [0.15, 0.2) is 0 Å². The van der Waals surface area contributed by atoms with Crippen LogP contribution in [0.5, 0.6) is 0 Å². The Morgan fingerprint density at radius 1 is 0.750 bits per heavy atom. The molecule has 0 aliphatic heterocycles. The third-order valence-corrected chi connectivity index (χ3v) is 11.0. The summed E-state index contributed by atoms with van der Waals surface area (Å²) in [7, 11) is 0. The highest BCUT2D eigenvalue weighted by Gasteiger charge is 2.34. The van der Waals surface area contributed by atoms with Gasteiger partial charge < -0.3 is 10.2 Å². The molecule has 3 aliphatic rings. The number of hydrogen-bond donors (Lipinski definition) is 2. The molecule has 0 radical (unpaired) electrons. The first-order valence-electron chi connectivity index (χ1n) is 14.2. The van der Waals surface area contributed by atoms with E-state index in [9.17, 15) is 10.2 Å². The van der Waals surface area contributed by atoms with Crippen molar-refractivity contribution in [1.82, 2.24) is 0 Å². The van der Waals surface area contributed by atoms with Gasteiger partial charge in [0, 0.05) is 3.92 Å². The van der Waals surface area contributed by atoms with Crippen LogP contribution in [-0.2, 0) is 0 Å². The van der Waals surface area contributed by atoms with Crippen LogP contribution in [0.1, 0.15) is 118 Å². The van der Waals surface area contributed by atoms with E-state index in [2.05, 4.69) is 50.3 Å². The molecule has 0 bridgehead atoms. The summed E-state index contributed by atoms with van der Waals surface area (Å²) in [4.78, 5) is 0. The van der Waals surface area contributed by atoms with Crippen molar-refractivity contribution in [2.45, 2.75) is 134 Å². The summed E-state index contributed by atoms with van der Waals surface area (Å²) in [5.41, 5.74) is 0. The molecule has 2 N–H and O–H groups in total. The molecule has 3 unspecified atom stereocenters. The molecule has 0 spiro atoms. The summed E-state index contributed by atoms with van der Waals surface area (Å²) >= 11 is 2.55. The fourth-order valence-corrected chi connectivity index (χ4v) is 8.01. The van der Waals surface area contributed by atoms with Crippen LogP contribution in [0.25, 0.3) is 0 Å². The fraction of sp³-hybridized carbons (Fsp3) is 1.00. The molecule has 3 saturated carbocycles.